The molecule has 2 saturated heterocycles. The third-order valence-electron chi connectivity index (χ3n) is 6.82. The van der Waals surface area contributed by atoms with Crippen LogP contribution in [0, 0.1) is 11.7 Å². The van der Waals surface area contributed by atoms with Gasteiger partial charge >= 0.3 is 0 Å². The van der Waals surface area contributed by atoms with Gasteiger partial charge in [-0.3, -0.25) is 19.7 Å². The van der Waals surface area contributed by atoms with Gasteiger partial charge in [0.15, 0.2) is 11.6 Å². The third kappa shape index (κ3) is 5.46. The van der Waals surface area contributed by atoms with Crippen LogP contribution in [0.15, 0.2) is 18.2 Å². The fourth-order valence-corrected chi connectivity index (χ4v) is 4.64. The average molecular weight is 446 g/mol. The van der Waals surface area contributed by atoms with Crippen LogP contribution in [-0.2, 0) is 14.4 Å². The SMILES string of the molecule is CC(c1ccc(F)c(OCC2CC2)c1)C1CCCN1C(=O)CCNC1CCC(=O)NC1=O. The van der Waals surface area contributed by atoms with Gasteiger partial charge in [-0.1, -0.05) is 13.0 Å². The first-order valence-corrected chi connectivity index (χ1v) is 11.7. The van der Waals surface area contributed by atoms with E-state index in [2.05, 4.69) is 17.6 Å². The lowest BCUT2D eigenvalue weighted by Gasteiger charge is -2.30. The monoisotopic (exact) mass is 445 g/mol. The Morgan fingerprint density at radius 2 is 2.09 bits per heavy atom. The van der Waals surface area contributed by atoms with Gasteiger partial charge in [0.1, 0.15) is 0 Å². The Bertz CT molecular complexity index is 873. The van der Waals surface area contributed by atoms with E-state index in [9.17, 15) is 18.8 Å². The molecule has 1 aliphatic carbocycles. The van der Waals surface area contributed by atoms with Crippen LogP contribution in [0.3, 0.4) is 0 Å². The summed E-state index contributed by atoms with van der Waals surface area (Å²) in [5.41, 5.74) is 0.976. The van der Waals surface area contributed by atoms with E-state index < -0.39 is 6.04 Å². The number of hydrogen-bond acceptors (Lipinski definition) is 5. The summed E-state index contributed by atoms with van der Waals surface area (Å²) in [7, 11) is 0. The molecule has 1 aromatic carbocycles. The van der Waals surface area contributed by atoms with E-state index in [0.717, 1.165) is 31.2 Å². The second kappa shape index (κ2) is 9.98. The molecular weight excluding hydrogens is 413 g/mol. The predicted octanol–water partition coefficient (Wildman–Crippen LogP) is 2.49. The lowest BCUT2D eigenvalue weighted by atomic mass is 9.91. The smallest absolute Gasteiger partial charge is 0.243 e. The third-order valence-corrected chi connectivity index (χ3v) is 6.82. The molecule has 0 bridgehead atoms. The normalized spacial score (nSPS) is 24.4. The molecule has 0 radical (unpaired) electrons. The first-order valence-electron chi connectivity index (χ1n) is 11.7. The van der Waals surface area contributed by atoms with Crippen LogP contribution < -0.4 is 15.4 Å². The van der Waals surface area contributed by atoms with Crippen molar-refractivity contribution in [3.05, 3.63) is 29.6 Å². The number of likely N-dealkylation sites (tertiary alicyclic amines) is 1. The van der Waals surface area contributed by atoms with Gasteiger partial charge in [0.05, 0.1) is 12.6 Å². The summed E-state index contributed by atoms with van der Waals surface area (Å²) in [6.07, 6.45) is 5.20. The highest BCUT2D eigenvalue weighted by molar-refractivity contribution is 6.00. The molecule has 1 aromatic rings. The molecule has 174 valence electrons. The molecule has 1 saturated carbocycles. The molecule has 7 nitrogen and oxygen atoms in total. The Balaban J connectivity index is 1.32. The van der Waals surface area contributed by atoms with Crippen LogP contribution in [-0.4, -0.2) is 54.4 Å². The van der Waals surface area contributed by atoms with Crippen LogP contribution in [0.2, 0.25) is 0 Å². The molecule has 0 spiro atoms. The highest BCUT2D eigenvalue weighted by Crippen LogP contribution is 2.35. The minimum Gasteiger partial charge on any atom is -0.490 e. The van der Waals surface area contributed by atoms with E-state index in [4.69, 9.17) is 4.74 Å². The van der Waals surface area contributed by atoms with Crippen molar-refractivity contribution in [1.29, 1.82) is 0 Å². The molecule has 2 heterocycles. The minimum atomic E-state index is -0.429. The number of carbonyl (C=O) groups is 3. The summed E-state index contributed by atoms with van der Waals surface area (Å²) in [6, 6.07) is 4.66. The molecule has 0 aromatic heterocycles. The molecule has 3 fully saturated rings. The maximum Gasteiger partial charge on any atom is 0.243 e. The predicted molar refractivity (Wildman–Crippen MR) is 117 cm³/mol. The van der Waals surface area contributed by atoms with Gasteiger partial charge in [-0.05, 0) is 55.7 Å². The van der Waals surface area contributed by atoms with Crippen LogP contribution in [0.5, 0.6) is 5.75 Å². The van der Waals surface area contributed by atoms with Crippen molar-refractivity contribution in [3.8, 4) is 5.75 Å². The van der Waals surface area contributed by atoms with Crippen LogP contribution in [0.4, 0.5) is 4.39 Å². The summed E-state index contributed by atoms with van der Waals surface area (Å²) < 4.78 is 19.9. The van der Waals surface area contributed by atoms with Crippen molar-refractivity contribution in [2.75, 3.05) is 19.7 Å². The first kappa shape index (κ1) is 22.7. The quantitative estimate of drug-likeness (QED) is 0.571. The lowest BCUT2D eigenvalue weighted by Crippen LogP contribution is -2.51. The Hall–Kier alpha value is -2.48. The van der Waals surface area contributed by atoms with Crippen molar-refractivity contribution < 1.29 is 23.5 Å². The van der Waals surface area contributed by atoms with Crippen LogP contribution in [0.25, 0.3) is 0 Å². The number of nitrogens with one attached hydrogen (secondary N) is 2. The van der Waals surface area contributed by atoms with E-state index in [1.54, 1.807) is 12.1 Å². The molecule has 32 heavy (non-hydrogen) atoms. The maximum absolute atomic E-state index is 14.2. The fourth-order valence-electron chi connectivity index (χ4n) is 4.64. The Morgan fingerprint density at radius 1 is 1.28 bits per heavy atom. The van der Waals surface area contributed by atoms with Crippen molar-refractivity contribution in [3.63, 3.8) is 0 Å². The number of piperidine rings is 1. The highest BCUT2D eigenvalue weighted by Gasteiger charge is 2.34. The number of ether oxygens (including phenoxy) is 1. The molecule has 2 N–H and O–H groups in total. The van der Waals surface area contributed by atoms with Crippen molar-refractivity contribution in [2.45, 2.75) is 69.9 Å². The van der Waals surface area contributed by atoms with Gasteiger partial charge in [-0.25, -0.2) is 4.39 Å². The molecule has 4 rings (SSSR count). The Kier molecular flexibility index (Phi) is 7.08. The number of benzene rings is 1. The standard InChI is InChI=1S/C24H32FN3O4/c1-15(17-6-7-18(25)21(13-17)32-14-16-4-5-16)20-3-2-12-28(20)23(30)10-11-26-19-8-9-22(29)27-24(19)31/h6-7,13,15-16,19-20,26H,2-5,8-12,14H2,1H3,(H,27,29,31). The van der Waals surface area contributed by atoms with Crippen LogP contribution in [0.1, 0.15) is 63.4 Å². The van der Waals surface area contributed by atoms with E-state index in [-0.39, 0.29) is 35.5 Å². The molecule has 3 aliphatic rings. The molecule has 3 unspecified atom stereocenters. The zero-order valence-electron chi connectivity index (χ0n) is 18.6. The van der Waals surface area contributed by atoms with Gasteiger partial charge in [-0.15, -0.1) is 0 Å². The maximum atomic E-state index is 14.2. The summed E-state index contributed by atoms with van der Waals surface area (Å²) in [5.74, 6) is 0.0374. The van der Waals surface area contributed by atoms with Gasteiger partial charge in [0, 0.05) is 37.9 Å². The molecular formula is C24H32FN3O4. The number of rotatable bonds is 9. The lowest BCUT2D eigenvalue weighted by molar-refractivity contribution is -0.136. The van der Waals surface area contributed by atoms with Gasteiger partial charge in [0.2, 0.25) is 17.7 Å². The number of nitrogens with zero attached hydrogens (tertiary/aromatic N) is 1. The zero-order chi connectivity index (χ0) is 22.7. The molecule has 3 amide bonds. The van der Waals surface area contributed by atoms with Crippen molar-refractivity contribution >= 4 is 17.7 Å². The summed E-state index contributed by atoms with van der Waals surface area (Å²) >= 11 is 0. The van der Waals surface area contributed by atoms with Crippen LogP contribution >= 0.6 is 0 Å². The topological polar surface area (TPSA) is 87.7 Å². The second-order valence-corrected chi connectivity index (χ2v) is 9.24. The second-order valence-electron chi connectivity index (χ2n) is 9.24. The zero-order valence-corrected chi connectivity index (χ0v) is 18.6. The Morgan fingerprint density at radius 3 is 2.84 bits per heavy atom. The number of carbonyl (C=O) groups excluding carboxylic acids is 3. The van der Waals surface area contributed by atoms with Gasteiger partial charge in [0.25, 0.3) is 0 Å². The van der Waals surface area contributed by atoms with Crippen molar-refractivity contribution in [2.24, 2.45) is 5.92 Å². The number of imide groups is 1. The van der Waals surface area contributed by atoms with Crippen molar-refractivity contribution in [1.82, 2.24) is 15.5 Å². The summed E-state index contributed by atoms with van der Waals surface area (Å²) in [4.78, 5) is 37.9. The van der Waals surface area contributed by atoms with E-state index in [0.29, 0.717) is 50.6 Å². The van der Waals surface area contributed by atoms with Gasteiger partial charge < -0.3 is 15.0 Å². The van der Waals surface area contributed by atoms with Gasteiger partial charge in [-0.2, -0.15) is 0 Å². The minimum absolute atomic E-state index is 0.0477. The van der Waals surface area contributed by atoms with E-state index >= 15 is 0 Å². The number of halogens is 1. The number of hydrogen-bond donors (Lipinski definition) is 2. The fraction of sp³-hybridized carbons (Fsp3) is 0.625. The Labute approximate surface area is 188 Å². The number of amides is 3. The summed E-state index contributed by atoms with van der Waals surface area (Å²) in [5, 5.41) is 5.41. The molecule has 8 heteroatoms. The average Bonchev–Trinajstić information content (AvgIpc) is 3.47. The summed E-state index contributed by atoms with van der Waals surface area (Å²) in [6.45, 7) is 3.73. The molecule has 2 aliphatic heterocycles. The highest BCUT2D eigenvalue weighted by atomic mass is 19.1. The largest absolute Gasteiger partial charge is 0.490 e. The van der Waals surface area contributed by atoms with E-state index in [1.807, 2.05) is 4.90 Å². The first-order chi connectivity index (χ1) is 15.4. The van der Waals surface area contributed by atoms with E-state index in [1.165, 1.54) is 6.07 Å². The molecule has 3 atom stereocenters.